The molecule has 0 unspecified atom stereocenters. The van der Waals surface area contributed by atoms with Gasteiger partial charge < -0.3 is 13.6 Å². The molecule has 0 spiro atoms. The molecular weight excluding hydrogens is 1200 g/mol. The van der Waals surface area contributed by atoms with E-state index in [4.69, 9.17) is 24.4 Å². The van der Waals surface area contributed by atoms with Crippen LogP contribution in [0.1, 0.15) is 0 Å². The van der Waals surface area contributed by atoms with Crippen LogP contribution in [0.4, 0.5) is 0 Å². The Morgan fingerprint density at radius 1 is 0.319 bits per heavy atom. The SMILES string of the molecule is C[Si]1(C)c2ccccc2-c2c(-c3cccc(-n4c5ccccc5c5cc6oc7c(-c8cccc(-c9nc(-c%10cccc(-n%11c%12ccccc%12c%12cc%13sc%14ccccc%14c%13cc%12%11)c%10)c%10c(n9)[Si](C)(C)c9ccccc9-%10)c8)cccc7c6cc54)c3)nc(-c3ccccc3)nc21. The number of furan rings is 1. The van der Waals surface area contributed by atoms with E-state index in [1.807, 2.05) is 11.3 Å². The van der Waals surface area contributed by atoms with E-state index in [0.29, 0.717) is 5.82 Å². The third-order valence-corrected chi connectivity index (χ3v) is 28.2. The number of hydrogen-bond donors (Lipinski definition) is 0. The van der Waals surface area contributed by atoms with Gasteiger partial charge in [0, 0.05) is 113 Å². The first-order valence-corrected chi connectivity index (χ1v) is 39.1. The highest BCUT2D eigenvalue weighted by Gasteiger charge is 2.43. The summed E-state index contributed by atoms with van der Waals surface area (Å²) in [6, 6.07) is 97.3. The monoisotopic (exact) mass is 1250 g/mol. The summed E-state index contributed by atoms with van der Waals surface area (Å²) in [5.74, 6) is 1.47. The first-order valence-electron chi connectivity index (χ1n) is 32.3. The Morgan fingerprint density at radius 2 is 0.798 bits per heavy atom. The molecule has 2 aliphatic rings. The van der Waals surface area contributed by atoms with Crippen LogP contribution < -0.4 is 21.0 Å². The molecule has 2 aliphatic heterocycles. The van der Waals surface area contributed by atoms with Crippen molar-refractivity contribution in [3.8, 4) is 90.0 Å². The molecule has 10 heteroatoms. The van der Waals surface area contributed by atoms with E-state index in [1.54, 1.807) is 0 Å². The number of nitrogens with zero attached hydrogens (tertiary/aromatic N) is 6. The van der Waals surface area contributed by atoms with Gasteiger partial charge in [-0.15, -0.1) is 11.3 Å². The molecule has 0 saturated heterocycles. The second kappa shape index (κ2) is 19.7. The van der Waals surface area contributed by atoms with Gasteiger partial charge in [-0.1, -0.05) is 220 Å². The number of fused-ring (bicyclic) bond motifs is 18. The van der Waals surface area contributed by atoms with E-state index in [2.05, 4.69) is 302 Å². The third kappa shape index (κ3) is 7.64. The van der Waals surface area contributed by atoms with Crippen LogP contribution in [0, 0.1) is 0 Å². The summed E-state index contributed by atoms with van der Waals surface area (Å²) in [6.45, 7) is 9.74. The molecular formula is C84H56N6OSSi2. The van der Waals surface area contributed by atoms with Crippen molar-refractivity contribution < 1.29 is 4.42 Å². The molecule has 0 N–H and O–H groups in total. The Hall–Kier alpha value is -11.1. The lowest BCUT2D eigenvalue weighted by atomic mass is 9.98. The zero-order chi connectivity index (χ0) is 62.3. The van der Waals surface area contributed by atoms with Crippen molar-refractivity contribution in [1.29, 1.82) is 0 Å². The lowest BCUT2D eigenvalue weighted by Crippen LogP contribution is -2.50. The summed E-state index contributed by atoms with van der Waals surface area (Å²) in [6.07, 6.45) is 0. The summed E-state index contributed by atoms with van der Waals surface area (Å²) < 4.78 is 14.6. The first kappa shape index (κ1) is 53.5. The number of rotatable bonds is 7. The van der Waals surface area contributed by atoms with Crippen LogP contribution in [0.2, 0.25) is 26.2 Å². The van der Waals surface area contributed by atoms with Crippen molar-refractivity contribution in [2.24, 2.45) is 0 Å². The molecule has 0 saturated carbocycles. The Morgan fingerprint density at radius 3 is 1.45 bits per heavy atom. The molecule has 7 nitrogen and oxygen atoms in total. The average molecular weight is 1250 g/mol. The second-order valence-electron chi connectivity index (χ2n) is 26.4. The predicted molar refractivity (Wildman–Crippen MR) is 398 cm³/mol. The van der Waals surface area contributed by atoms with Crippen LogP contribution in [0.25, 0.3) is 176 Å². The van der Waals surface area contributed by atoms with E-state index in [1.165, 1.54) is 68.8 Å². The largest absolute Gasteiger partial charge is 0.455 e. The van der Waals surface area contributed by atoms with Gasteiger partial charge in [-0.25, -0.2) is 19.9 Å². The number of benzene rings is 12. The maximum atomic E-state index is 7.15. The van der Waals surface area contributed by atoms with Gasteiger partial charge in [0.25, 0.3) is 0 Å². The minimum Gasteiger partial charge on any atom is -0.455 e. The Balaban J connectivity index is 0.722. The van der Waals surface area contributed by atoms with Crippen LogP contribution in [0.15, 0.2) is 271 Å². The topological polar surface area (TPSA) is 74.6 Å². The standard InChI is InChI=1S/C84H56N6OSSi2/c1-93(2)74-40-16-11-33-61(74)76-78(85-81(87-83(76)93)49-22-6-5-7-23-49)51-25-19-28-54(43-51)89-67-37-13-8-30-57(67)63-47-71-65(45-69(63)89)60-36-21-35-56(80(60)91-71)50-24-18-27-53(42-50)82-86-79(77-62-34-12-17-41-75(62)94(3,4)84(77)88-82)52-26-20-29-55(44-52)90-68-38-14-9-31-58(68)64-48-73-66(46-70(64)90)59-32-10-15-39-72(59)92-73/h5-48H,1-4H3. The maximum absolute atomic E-state index is 7.15. The zero-order valence-corrected chi connectivity index (χ0v) is 54.7. The molecule has 20 rings (SSSR count). The quantitative estimate of drug-likeness (QED) is 0.149. The van der Waals surface area contributed by atoms with Crippen molar-refractivity contribution in [1.82, 2.24) is 29.1 Å². The fourth-order valence-corrected chi connectivity index (χ4v) is 22.9. The van der Waals surface area contributed by atoms with E-state index in [9.17, 15) is 0 Å². The highest BCUT2D eigenvalue weighted by molar-refractivity contribution is 7.25. The smallest absolute Gasteiger partial charge is 0.159 e. The highest BCUT2D eigenvalue weighted by Crippen LogP contribution is 2.46. The lowest BCUT2D eigenvalue weighted by molar-refractivity contribution is 0.670. The highest BCUT2D eigenvalue weighted by atomic mass is 32.1. The second-order valence-corrected chi connectivity index (χ2v) is 36.1. The minimum atomic E-state index is -2.31. The van der Waals surface area contributed by atoms with E-state index in [-0.39, 0.29) is 0 Å². The molecule has 442 valence electrons. The number of hydrogen-bond acceptors (Lipinski definition) is 6. The molecule has 0 radical (unpaired) electrons. The van der Waals surface area contributed by atoms with E-state index >= 15 is 0 Å². The Kier molecular flexibility index (Phi) is 11.2. The van der Waals surface area contributed by atoms with Gasteiger partial charge in [0.15, 0.2) is 11.6 Å². The molecule has 94 heavy (non-hydrogen) atoms. The molecule has 18 aromatic rings. The summed E-state index contributed by atoms with van der Waals surface area (Å²) in [4.78, 5) is 22.3. The van der Waals surface area contributed by atoms with Crippen molar-refractivity contribution >= 4 is 134 Å². The van der Waals surface area contributed by atoms with Crippen LogP contribution in [0.5, 0.6) is 0 Å². The average Bonchev–Trinajstić information content (AvgIpc) is 1.57. The molecule has 6 aromatic heterocycles. The van der Waals surface area contributed by atoms with Crippen molar-refractivity contribution in [2.75, 3.05) is 0 Å². The van der Waals surface area contributed by atoms with Gasteiger partial charge >= 0.3 is 0 Å². The van der Waals surface area contributed by atoms with Crippen LogP contribution in [-0.2, 0) is 0 Å². The fraction of sp³-hybridized carbons (Fsp3) is 0.0476. The van der Waals surface area contributed by atoms with Crippen molar-refractivity contribution in [2.45, 2.75) is 26.2 Å². The van der Waals surface area contributed by atoms with Gasteiger partial charge in [0.1, 0.15) is 27.3 Å². The molecule has 0 amide bonds. The Labute approximate surface area is 547 Å². The summed E-state index contributed by atoms with van der Waals surface area (Å²) in [5, 5.41) is 14.6. The minimum absolute atomic E-state index is 0.713. The predicted octanol–water partition coefficient (Wildman–Crippen LogP) is 19.7. The summed E-state index contributed by atoms with van der Waals surface area (Å²) >= 11 is 1.87. The number of thiophene rings is 1. The van der Waals surface area contributed by atoms with E-state index < -0.39 is 16.1 Å². The third-order valence-electron chi connectivity index (χ3n) is 20.4. The van der Waals surface area contributed by atoms with Gasteiger partial charge in [0.05, 0.1) is 33.5 Å². The normalized spacial score (nSPS) is 13.7. The zero-order valence-electron chi connectivity index (χ0n) is 51.9. The van der Waals surface area contributed by atoms with Gasteiger partial charge in [0.2, 0.25) is 0 Å². The van der Waals surface area contributed by atoms with Crippen molar-refractivity contribution in [3.63, 3.8) is 0 Å². The van der Waals surface area contributed by atoms with Gasteiger partial charge in [-0.3, -0.25) is 0 Å². The molecule has 0 aliphatic carbocycles. The molecule has 0 atom stereocenters. The van der Waals surface area contributed by atoms with Gasteiger partial charge in [-0.05, 0) is 99.9 Å². The fourth-order valence-electron chi connectivity index (χ4n) is 16.0. The number of aromatic nitrogens is 6. The van der Waals surface area contributed by atoms with Crippen molar-refractivity contribution in [3.05, 3.63) is 267 Å². The van der Waals surface area contributed by atoms with Crippen LogP contribution in [-0.4, -0.2) is 45.2 Å². The summed E-state index contributed by atoms with van der Waals surface area (Å²) in [7, 11) is -4.48. The molecule has 0 bridgehead atoms. The first-order chi connectivity index (χ1) is 46.1. The molecule has 12 aromatic carbocycles. The van der Waals surface area contributed by atoms with Crippen LogP contribution in [0.3, 0.4) is 0 Å². The Bertz CT molecular complexity index is 6330. The molecule has 0 fully saturated rings. The van der Waals surface area contributed by atoms with E-state index in [0.717, 1.165) is 122 Å². The van der Waals surface area contributed by atoms with Gasteiger partial charge in [-0.2, -0.15) is 0 Å². The maximum Gasteiger partial charge on any atom is 0.159 e. The van der Waals surface area contributed by atoms with Crippen LogP contribution >= 0.6 is 11.3 Å². The molecule has 8 heterocycles. The summed E-state index contributed by atoms with van der Waals surface area (Å²) in [5.41, 5.74) is 21.2. The number of para-hydroxylation sites is 3. The lowest BCUT2D eigenvalue weighted by Gasteiger charge is -2.19.